The quantitative estimate of drug-likeness (QED) is 0.408. The molecule has 33 heavy (non-hydrogen) atoms. The molecule has 1 aliphatic carbocycles. The zero-order valence-corrected chi connectivity index (χ0v) is 21.4. The van der Waals surface area contributed by atoms with E-state index in [1.807, 2.05) is 17.0 Å². The highest BCUT2D eigenvalue weighted by Crippen LogP contribution is 2.36. The fraction of sp³-hybridized carbons (Fsp3) is 0.238. The Bertz CT molecular complexity index is 1300. The Hall–Kier alpha value is -1.98. The van der Waals surface area contributed by atoms with Crippen molar-refractivity contribution >= 4 is 67.9 Å². The van der Waals surface area contributed by atoms with E-state index in [2.05, 4.69) is 15.1 Å². The number of carbonyl (C=O) groups is 1. The zero-order valence-electron chi connectivity index (χ0n) is 17.5. The van der Waals surface area contributed by atoms with Gasteiger partial charge in [-0.15, -0.1) is 11.3 Å². The molecule has 0 unspecified atom stereocenters. The lowest BCUT2D eigenvalue weighted by atomic mass is 9.92. The number of hydrogen-bond acceptors (Lipinski definition) is 6. The molecule has 3 aromatic rings. The summed E-state index contributed by atoms with van der Waals surface area (Å²) in [5, 5.41) is 7.82. The second-order valence-corrected chi connectivity index (χ2v) is 12.6. The van der Waals surface area contributed by atoms with Gasteiger partial charge in [0.25, 0.3) is 0 Å². The normalized spacial score (nSPS) is 14.8. The van der Waals surface area contributed by atoms with Crippen LogP contribution in [-0.4, -0.2) is 37.0 Å². The van der Waals surface area contributed by atoms with Gasteiger partial charge in [-0.2, -0.15) is 5.10 Å². The van der Waals surface area contributed by atoms with Crippen LogP contribution in [0, 0.1) is 0 Å². The highest BCUT2D eigenvalue weighted by atomic mass is 35.5. The average Bonchev–Trinajstić information content (AvgIpc) is 3.35. The second kappa shape index (κ2) is 10.1. The molecule has 12 heteroatoms. The van der Waals surface area contributed by atoms with Gasteiger partial charge in [0.2, 0.25) is 0 Å². The maximum atomic E-state index is 12.1. The summed E-state index contributed by atoms with van der Waals surface area (Å²) in [4.78, 5) is 12.4. The lowest BCUT2D eigenvalue weighted by molar-refractivity contribution is 0.247. The van der Waals surface area contributed by atoms with Gasteiger partial charge in [0, 0.05) is 12.8 Å². The minimum atomic E-state index is -3.26. The summed E-state index contributed by atoms with van der Waals surface area (Å²) in [6.07, 6.45) is 7.81. The molecule has 0 atom stereocenters. The van der Waals surface area contributed by atoms with Crippen LogP contribution in [0.2, 0.25) is 9.36 Å². The van der Waals surface area contributed by atoms with Crippen LogP contribution < -0.4 is 10.0 Å². The minimum Gasteiger partial charge on any atom is -0.334 e. The molecule has 0 bridgehead atoms. The topological polar surface area (TPSA) is 93.1 Å². The van der Waals surface area contributed by atoms with Crippen LogP contribution >= 0.6 is 46.5 Å². The largest absolute Gasteiger partial charge is 0.334 e. The SMILES string of the molecule is CS(=O)(=O)c1ccc(-n2ncc3c2/C(=C/CNC(=O)NSc2cc(Cl)c(Cl)s2)CCC3)cc1. The second-order valence-electron chi connectivity index (χ2n) is 7.38. The fourth-order valence-electron chi connectivity index (χ4n) is 3.50. The summed E-state index contributed by atoms with van der Waals surface area (Å²) in [6.45, 7) is 0.352. The van der Waals surface area contributed by atoms with Gasteiger partial charge in [0.15, 0.2) is 9.84 Å². The number of aryl methyl sites for hydroxylation is 1. The van der Waals surface area contributed by atoms with Crippen molar-refractivity contribution in [2.45, 2.75) is 28.4 Å². The zero-order chi connectivity index (χ0) is 23.6. The number of nitrogens with zero attached hydrogens (tertiary/aromatic N) is 2. The molecule has 0 spiro atoms. The Balaban J connectivity index is 1.44. The van der Waals surface area contributed by atoms with Crippen LogP contribution in [0.1, 0.15) is 24.1 Å². The van der Waals surface area contributed by atoms with Crippen molar-refractivity contribution in [1.29, 1.82) is 0 Å². The lowest BCUT2D eigenvalue weighted by Gasteiger charge is -2.18. The minimum absolute atomic E-state index is 0.267. The molecule has 7 nitrogen and oxygen atoms in total. The highest BCUT2D eigenvalue weighted by molar-refractivity contribution is 7.99. The average molecular weight is 544 g/mol. The molecule has 2 aromatic heterocycles. The van der Waals surface area contributed by atoms with E-state index in [4.69, 9.17) is 23.2 Å². The summed E-state index contributed by atoms with van der Waals surface area (Å²) in [6, 6.07) is 8.06. The Labute approximate surface area is 210 Å². The Morgan fingerprint density at radius 3 is 2.70 bits per heavy atom. The monoisotopic (exact) mass is 542 g/mol. The number of rotatable bonds is 6. The number of fused-ring (bicyclic) bond motifs is 1. The molecule has 0 radical (unpaired) electrons. The van der Waals surface area contributed by atoms with E-state index in [-0.39, 0.29) is 10.9 Å². The Kier molecular flexibility index (Phi) is 7.40. The fourth-order valence-corrected chi connectivity index (χ4v) is 6.42. The van der Waals surface area contributed by atoms with Crippen molar-refractivity contribution in [2.75, 3.05) is 12.8 Å². The van der Waals surface area contributed by atoms with Crippen molar-refractivity contribution < 1.29 is 13.2 Å². The molecule has 0 saturated carbocycles. The number of carbonyl (C=O) groups excluding carboxylic acids is 1. The van der Waals surface area contributed by atoms with Crippen LogP contribution in [0.4, 0.5) is 4.79 Å². The van der Waals surface area contributed by atoms with E-state index in [0.29, 0.717) is 15.9 Å². The standard InChI is InChI=1S/C21H20Cl2N4O3S3/c1-33(29,30)16-7-5-15(6-8-16)27-19-13(3-2-4-14(19)12-25-27)9-10-24-21(28)26-32-18-11-17(22)20(23)31-18/h5-9,11-12H,2-4,10H2,1H3,(H2,24,26,28)/b13-9+. The smallest absolute Gasteiger partial charge is 0.325 e. The summed E-state index contributed by atoms with van der Waals surface area (Å²) < 4.78 is 29.3. The lowest BCUT2D eigenvalue weighted by Crippen LogP contribution is -2.31. The summed E-state index contributed by atoms with van der Waals surface area (Å²) in [5.74, 6) is 0. The van der Waals surface area contributed by atoms with E-state index in [0.717, 1.165) is 57.9 Å². The Morgan fingerprint density at radius 1 is 1.27 bits per heavy atom. The molecule has 2 N–H and O–H groups in total. The van der Waals surface area contributed by atoms with Crippen molar-refractivity contribution in [1.82, 2.24) is 19.8 Å². The van der Waals surface area contributed by atoms with E-state index < -0.39 is 9.84 Å². The van der Waals surface area contributed by atoms with Crippen LogP contribution in [0.5, 0.6) is 0 Å². The van der Waals surface area contributed by atoms with Gasteiger partial charge in [-0.25, -0.2) is 17.9 Å². The number of nitrogens with one attached hydrogen (secondary N) is 2. The molecule has 2 heterocycles. The molecular formula is C21H20Cl2N4O3S3. The first-order chi connectivity index (χ1) is 15.7. The predicted octanol–water partition coefficient (Wildman–Crippen LogP) is 5.37. The van der Waals surface area contributed by atoms with Gasteiger partial charge in [-0.05, 0) is 72.7 Å². The number of thiophene rings is 1. The summed E-state index contributed by atoms with van der Waals surface area (Å²) >= 11 is 14.3. The molecule has 0 aliphatic heterocycles. The first kappa shape index (κ1) is 24.2. The van der Waals surface area contributed by atoms with Crippen LogP contribution in [0.25, 0.3) is 11.3 Å². The van der Waals surface area contributed by atoms with E-state index in [1.54, 1.807) is 30.3 Å². The van der Waals surface area contributed by atoms with E-state index >= 15 is 0 Å². The number of urea groups is 1. The number of amides is 2. The number of halogens is 2. The van der Waals surface area contributed by atoms with Gasteiger partial charge in [0.05, 0.1) is 31.7 Å². The number of allylic oxidation sites excluding steroid dienone is 1. The third-order valence-electron chi connectivity index (χ3n) is 5.03. The van der Waals surface area contributed by atoms with Crippen LogP contribution in [0.3, 0.4) is 0 Å². The highest BCUT2D eigenvalue weighted by Gasteiger charge is 2.21. The molecule has 0 saturated heterocycles. The molecule has 0 fully saturated rings. The first-order valence-corrected chi connectivity index (χ1v) is 14.2. The molecule has 174 valence electrons. The van der Waals surface area contributed by atoms with Crippen LogP contribution in [0.15, 0.2) is 51.7 Å². The van der Waals surface area contributed by atoms with Gasteiger partial charge in [-0.3, -0.25) is 4.72 Å². The maximum absolute atomic E-state index is 12.1. The van der Waals surface area contributed by atoms with Crippen molar-refractivity contribution in [3.05, 3.63) is 63.2 Å². The van der Waals surface area contributed by atoms with Gasteiger partial charge in [-0.1, -0.05) is 29.3 Å². The summed E-state index contributed by atoms with van der Waals surface area (Å²) in [5.41, 5.74) is 4.00. The Morgan fingerprint density at radius 2 is 2.03 bits per heavy atom. The molecule has 2 amide bonds. The number of aromatic nitrogens is 2. The molecular weight excluding hydrogens is 523 g/mol. The predicted molar refractivity (Wildman–Crippen MR) is 134 cm³/mol. The van der Waals surface area contributed by atoms with Gasteiger partial charge < -0.3 is 5.32 Å². The number of sulfone groups is 1. The van der Waals surface area contributed by atoms with Crippen molar-refractivity contribution in [3.8, 4) is 5.69 Å². The first-order valence-electron chi connectivity index (χ1n) is 9.94. The number of hydrogen-bond donors (Lipinski definition) is 2. The van der Waals surface area contributed by atoms with E-state index in [9.17, 15) is 13.2 Å². The third kappa shape index (κ3) is 5.75. The maximum Gasteiger partial charge on any atom is 0.325 e. The molecule has 4 rings (SSSR count). The van der Waals surface area contributed by atoms with Gasteiger partial charge in [0.1, 0.15) is 4.34 Å². The van der Waals surface area contributed by atoms with Crippen molar-refractivity contribution in [3.63, 3.8) is 0 Å². The third-order valence-corrected chi connectivity index (χ3v) is 8.92. The molecule has 1 aliphatic rings. The number of benzene rings is 1. The van der Waals surface area contributed by atoms with Crippen LogP contribution in [-0.2, 0) is 16.3 Å². The summed E-state index contributed by atoms with van der Waals surface area (Å²) in [7, 11) is -3.26. The van der Waals surface area contributed by atoms with Crippen molar-refractivity contribution in [2.24, 2.45) is 0 Å². The van der Waals surface area contributed by atoms with E-state index in [1.165, 1.54) is 17.6 Å². The molecule has 1 aromatic carbocycles. The van der Waals surface area contributed by atoms with Gasteiger partial charge >= 0.3 is 6.03 Å².